The van der Waals surface area contributed by atoms with Crippen molar-refractivity contribution in [2.24, 2.45) is 5.92 Å². The van der Waals surface area contributed by atoms with Crippen LogP contribution >= 0.6 is 15.9 Å². The summed E-state index contributed by atoms with van der Waals surface area (Å²) in [5, 5.41) is 6.97. The number of aromatic nitrogens is 2. The maximum Gasteiger partial charge on any atom is 0.340 e. The molecule has 0 radical (unpaired) electrons. The quantitative estimate of drug-likeness (QED) is 0.407. The van der Waals surface area contributed by atoms with Gasteiger partial charge in [-0.25, -0.2) is 4.79 Å². The number of carbonyl (C=O) groups excluding carboxylic acids is 2. The molecule has 2 aromatic carbocycles. The first-order valence-corrected chi connectivity index (χ1v) is 12.2. The molecule has 1 aromatic heterocycles. The highest BCUT2D eigenvalue weighted by atomic mass is 79.9. The van der Waals surface area contributed by atoms with E-state index < -0.39 is 5.97 Å². The topological polar surface area (TPSA) is 116 Å². The number of ether oxygens (including phenoxy) is 3. The normalized spacial score (nSPS) is 15.8. The Morgan fingerprint density at radius 3 is 2.67 bits per heavy atom. The molecule has 1 N–H and O–H groups in total. The number of rotatable bonds is 8. The number of carbonyl (C=O) groups is 2. The van der Waals surface area contributed by atoms with Crippen molar-refractivity contribution in [1.29, 1.82) is 0 Å². The number of anilines is 1. The molecule has 1 saturated heterocycles. The molecule has 1 fully saturated rings. The van der Waals surface area contributed by atoms with E-state index in [0.29, 0.717) is 42.0 Å². The molecule has 2 heterocycles. The number of nitrogens with zero attached hydrogens (tertiary/aromatic N) is 3. The third-order valence-corrected chi connectivity index (χ3v) is 6.47. The van der Waals surface area contributed by atoms with E-state index in [2.05, 4.69) is 36.3 Å². The second-order valence-corrected chi connectivity index (χ2v) is 9.25. The zero-order valence-corrected chi connectivity index (χ0v) is 21.8. The molecule has 0 bridgehead atoms. The number of nitrogens with one attached hydrogen (secondary N) is 1. The molecular weight excluding hydrogens is 532 g/mol. The van der Waals surface area contributed by atoms with Gasteiger partial charge in [0.1, 0.15) is 0 Å². The summed E-state index contributed by atoms with van der Waals surface area (Å²) >= 11 is 3.45. The van der Waals surface area contributed by atoms with Crippen molar-refractivity contribution in [3.63, 3.8) is 0 Å². The Kier molecular flexibility index (Phi) is 8.21. The van der Waals surface area contributed by atoms with Gasteiger partial charge in [0.2, 0.25) is 17.6 Å². The number of hydrogen-bond acceptors (Lipinski definition) is 9. The summed E-state index contributed by atoms with van der Waals surface area (Å²) in [6.45, 7) is 1.76. The Labute approximate surface area is 217 Å². The Hall–Kier alpha value is -3.44. The fraction of sp³-hybridized carbons (Fsp3) is 0.360. The fourth-order valence-electron chi connectivity index (χ4n) is 4.16. The molecular formula is C25H27BrN4O6. The highest BCUT2D eigenvalue weighted by Gasteiger charge is 2.28. The van der Waals surface area contributed by atoms with E-state index in [1.807, 2.05) is 24.3 Å². The van der Waals surface area contributed by atoms with Gasteiger partial charge in [-0.2, -0.15) is 4.98 Å². The van der Waals surface area contributed by atoms with E-state index in [4.69, 9.17) is 18.7 Å². The largest absolute Gasteiger partial charge is 0.493 e. The average Bonchev–Trinajstić information content (AvgIpc) is 3.36. The lowest BCUT2D eigenvalue weighted by atomic mass is 9.96. The first-order valence-electron chi connectivity index (χ1n) is 11.4. The lowest BCUT2D eigenvalue weighted by Gasteiger charge is -2.31. The number of methoxy groups -OCH3 is 3. The summed E-state index contributed by atoms with van der Waals surface area (Å²) < 4.78 is 21.9. The average molecular weight is 559 g/mol. The van der Waals surface area contributed by atoms with Crippen LogP contribution in [0, 0.1) is 5.92 Å². The molecule has 0 aliphatic carbocycles. The minimum absolute atomic E-state index is 0.183. The standard InChI is InChI=1S/C25H27BrN4O6/c1-33-20-11-18(25(32)35-3)19(12-21(20)34-2)27-24(31)16-7-5-9-30(13-16)14-22-28-23(29-36-22)15-6-4-8-17(26)10-15/h4,6,8,10-12,16H,5,7,9,13-14H2,1-3H3,(H,27,31). The van der Waals surface area contributed by atoms with Crippen LogP contribution in [0.15, 0.2) is 45.4 Å². The van der Waals surface area contributed by atoms with Gasteiger partial charge in [-0.3, -0.25) is 9.69 Å². The zero-order valence-electron chi connectivity index (χ0n) is 20.2. The second kappa shape index (κ2) is 11.5. The summed E-state index contributed by atoms with van der Waals surface area (Å²) in [5.74, 6) is 0.682. The van der Waals surface area contributed by atoms with Crippen LogP contribution in [0.25, 0.3) is 11.4 Å². The molecule has 1 unspecified atom stereocenters. The fourth-order valence-corrected chi connectivity index (χ4v) is 4.56. The van der Waals surface area contributed by atoms with Crippen LogP contribution in [0.3, 0.4) is 0 Å². The minimum Gasteiger partial charge on any atom is -0.493 e. The molecule has 11 heteroatoms. The van der Waals surface area contributed by atoms with E-state index >= 15 is 0 Å². The number of hydrogen-bond donors (Lipinski definition) is 1. The zero-order chi connectivity index (χ0) is 25.7. The smallest absolute Gasteiger partial charge is 0.340 e. The first kappa shape index (κ1) is 25.6. The summed E-state index contributed by atoms with van der Waals surface area (Å²) in [5.41, 5.74) is 1.34. The van der Waals surface area contributed by atoms with Crippen molar-refractivity contribution in [3.8, 4) is 22.9 Å². The van der Waals surface area contributed by atoms with Crippen molar-refractivity contribution in [2.75, 3.05) is 39.7 Å². The summed E-state index contributed by atoms with van der Waals surface area (Å²) in [6.07, 6.45) is 1.55. The Morgan fingerprint density at radius 2 is 1.94 bits per heavy atom. The van der Waals surface area contributed by atoms with Gasteiger partial charge >= 0.3 is 5.97 Å². The summed E-state index contributed by atoms with van der Waals surface area (Å²) in [7, 11) is 4.24. The van der Waals surface area contributed by atoms with Crippen molar-refractivity contribution >= 4 is 33.5 Å². The second-order valence-electron chi connectivity index (χ2n) is 8.33. The van der Waals surface area contributed by atoms with E-state index in [-0.39, 0.29) is 17.4 Å². The van der Waals surface area contributed by atoms with Crippen LogP contribution < -0.4 is 14.8 Å². The van der Waals surface area contributed by atoms with Crippen LogP contribution in [-0.2, 0) is 16.1 Å². The van der Waals surface area contributed by atoms with E-state index in [1.165, 1.54) is 27.4 Å². The third-order valence-electron chi connectivity index (χ3n) is 5.97. The molecule has 1 aliphatic rings. The van der Waals surface area contributed by atoms with Crippen LogP contribution in [0.5, 0.6) is 11.5 Å². The highest BCUT2D eigenvalue weighted by Crippen LogP contribution is 2.34. The van der Waals surface area contributed by atoms with Crippen molar-refractivity contribution in [1.82, 2.24) is 15.0 Å². The summed E-state index contributed by atoms with van der Waals surface area (Å²) in [6, 6.07) is 10.7. The van der Waals surface area contributed by atoms with E-state index in [9.17, 15) is 9.59 Å². The lowest BCUT2D eigenvalue weighted by molar-refractivity contribution is -0.121. The van der Waals surface area contributed by atoms with Gasteiger partial charge in [-0.15, -0.1) is 0 Å². The van der Waals surface area contributed by atoms with Gasteiger partial charge in [0.05, 0.1) is 45.0 Å². The van der Waals surface area contributed by atoms with Crippen molar-refractivity contribution in [3.05, 3.63) is 52.3 Å². The van der Waals surface area contributed by atoms with Crippen molar-refractivity contribution in [2.45, 2.75) is 19.4 Å². The molecule has 3 aromatic rings. The molecule has 4 rings (SSSR count). The Morgan fingerprint density at radius 1 is 1.17 bits per heavy atom. The molecule has 0 saturated carbocycles. The molecule has 1 amide bonds. The van der Waals surface area contributed by atoms with Gasteiger partial charge in [0.25, 0.3) is 0 Å². The number of piperidine rings is 1. The van der Waals surface area contributed by atoms with E-state index in [0.717, 1.165) is 29.4 Å². The van der Waals surface area contributed by atoms with Gasteiger partial charge in [0, 0.05) is 28.7 Å². The predicted molar refractivity (Wildman–Crippen MR) is 135 cm³/mol. The molecule has 0 spiro atoms. The van der Waals surface area contributed by atoms with Gasteiger partial charge in [-0.05, 0) is 31.5 Å². The number of amides is 1. The number of likely N-dealkylation sites (tertiary alicyclic amines) is 1. The van der Waals surface area contributed by atoms with Crippen LogP contribution in [0.4, 0.5) is 5.69 Å². The third kappa shape index (κ3) is 5.85. The van der Waals surface area contributed by atoms with Crippen molar-refractivity contribution < 1.29 is 28.3 Å². The van der Waals surface area contributed by atoms with Gasteiger partial charge < -0.3 is 24.1 Å². The molecule has 190 valence electrons. The SMILES string of the molecule is COC(=O)c1cc(OC)c(OC)cc1NC(=O)C1CCCN(Cc2nc(-c3cccc(Br)c3)no2)C1. The number of esters is 1. The Bertz CT molecular complexity index is 1250. The maximum atomic E-state index is 13.2. The predicted octanol–water partition coefficient (Wildman–Crippen LogP) is 4.15. The van der Waals surface area contributed by atoms with E-state index in [1.54, 1.807) is 6.07 Å². The lowest BCUT2D eigenvalue weighted by Crippen LogP contribution is -2.40. The molecule has 1 atom stereocenters. The molecule has 1 aliphatic heterocycles. The van der Waals surface area contributed by atoms with Crippen LogP contribution in [0.1, 0.15) is 29.1 Å². The highest BCUT2D eigenvalue weighted by molar-refractivity contribution is 9.10. The van der Waals surface area contributed by atoms with Gasteiger partial charge in [-0.1, -0.05) is 33.2 Å². The van der Waals surface area contributed by atoms with Crippen LogP contribution in [0.2, 0.25) is 0 Å². The molecule has 10 nitrogen and oxygen atoms in total. The summed E-state index contributed by atoms with van der Waals surface area (Å²) in [4.78, 5) is 32.1. The van der Waals surface area contributed by atoms with Gasteiger partial charge in [0.15, 0.2) is 11.5 Å². The Balaban J connectivity index is 1.44. The van der Waals surface area contributed by atoms with Crippen LogP contribution in [-0.4, -0.2) is 61.3 Å². The number of benzene rings is 2. The first-order chi connectivity index (χ1) is 17.4. The molecule has 36 heavy (non-hydrogen) atoms. The maximum absolute atomic E-state index is 13.2. The monoisotopic (exact) mass is 558 g/mol. The minimum atomic E-state index is -0.589. The number of halogens is 1.